The van der Waals surface area contributed by atoms with Crippen LogP contribution in [0.2, 0.25) is 5.02 Å². The molecule has 3 rings (SSSR count). The van der Waals surface area contributed by atoms with E-state index >= 15 is 0 Å². The molecule has 11 heteroatoms. The zero-order chi connectivity index (χ0) is 18.4. The van der Waals surface area contributed by atoms with Gasteiger partial charge in [-0.05, 0) is 6.92 Å². The molecule has 1 saturated heterocycles. The Balaban J connectivity index is 1.71. The lowest BCUT2D eigenvalue weighted by atomic mass is 10.3. The van der Waals surface area contributed by atoms with Gasteiger partial charge in [-0.1, -0.05) is 11.6 Å². The van der Waals surface area contributed by atoms with Crippen molar-refractivity contribution in [2.75, 3.05) is 26.2 Å². The highest BCUT2D eigenvalue weighted by Crippen LogP contribution is 2.22. The summed E-state index contributed by atoms with van der Waals surface area (Å²) in [5, 5.41) is 8.39. The van der Waals surface area contributed by atoms with Gasteiger partial charge in [0.05, 0.1) is 16.9 Å². The molecular formula is C14H19ClN6O3S. The normalized spacial score (nSPS) is 16.4. The topological polar surface area (TPSA) is 93.3 Å². The standard InChI is InChI=1S/C14H19ClN6O3S/c1-10-12(15)13(17-19(10)3)14(22)20-4-6-21(7-5-20)25(23,24)11-8-16-18(2)9-11/h8-9H,4-7H2,1-3H3. The highest BCUT2D eigenvalue weighted by molar-refractivity contribution is 7.89. The van der Waals surface area contributed by atoms with E-state index in [0.29, 0.717) is 10.7 Å². The van der Waals surface area contributed by atoms with Crippen LogP contribution in [-0.2, 0) is 24.1 Å². The number of rotatable bonds is 3. The number of piperazine rings is 1. The maximum absolute atomic E-state index is 12.6. The number of aryl methyl sites for hydroxylation is 2. The van der Waals surface area contributed by atoms with Crippen molar-refractivity contribution >= 4 is 27.5 Å². The van der Waals surface area contributed by atoms with E-state index in [-0.39, 0.29) is 42.7 Å². The Labute approximate surface area is 150 Å². The van der Waals surface area contributed by atoms with Gasteiger partial charge >= 0.3 is 0 Å². The van der Waals surface area contributed by atoms with Crippen LogP contribution < -0.4 is 0 Å². The zero-order valence-electron chi connectivity index (χ0n) is 14.2. The molecule has 0 spiro atoms. The third kappa shape index (κ3) is 3.16. The fraction of sp³-hybridized carbons (Fsp3) is 0.500. The van der Waals surface area contributed by atoms with Crippen molar-refractivity contribution in [1.82, 2.24) is 28.8 Å². The van der Waals surface area contributed by atoms with Crippen LogP contribution >= 0.6 is 11.6 Å². The molecule has 0 radical (unpaired) electrons. The van der Waals surface area contributed by atoms with E-state index in [4.69, 9.17) is 11.6 Å². The molecule has 0 unspecified atom stereocenters. The second kappa shape index (κ2) is 6.43. The predicted molar refractivity (Wildman–Crippen MR) is 90.8 cm³/mol. The van der Waals surface area contributed by atoms with E-state index in [1.807, 2.05) is 0 Å². The highest BCUT2D eigenvalue weighted by atomic mass is 35.5. The molecule has 1 aliphatic heterocycles. The largest absolute Gasteiger partial charge is 0.335 e. The summed E-state index contributed by atoms with van der Waals surface area (Å²) < 4.78 is 29.5. The number of sulfonamides is 1. The van der Waals surface area contributed by atoms with Crippen LogP contribution in [0.4, 0.5) is 0 Å². The molecule has 1 fully saturated rings. The van der Waals surface area contributed by atoms with Gasteiger partial charge < -0.3 is 4.90 Å². The highest BCUT2D eigenvalue weighted by Gasteiger charge is 2.32. The van der Waals surface area contributed by atoms with E-state index in [1.54, 1.807) is 30.6 Å². The second-order valence-corrected chi connectivity index (χ2v) is 8.23. The van der Waals surface area contributed by atoms with Gasteiger partial charge in [-0.15, -0.1) is 0 Å². The van der Waals surface area contributed by atoms with Crippen LogP contribution in [0.25, 0.3) is 0 Å². The van der Waals surface area contributed by atoms with Gasteiger partial charge in [0.1, 0.15) is 4.90 Å². The van der Waals surface area contributed by atoms with E-state index in [0.717, 1.165) is 0 Å². The summed E-state index contributed by atoms with van der Waals surface area (Å²) >= 11 is 6.17. The summed E-state index contributed by atoms with van der Waals surface area (Å²) in [5.41, 5.74) is 0.910. The van der Waals surface area contributed by atoms with Crippen LogP contribution in [0, 0.1) is 6.92 Å². The Morgan fingerprint density at radius 2 is 1.84 bits per heavy atom. The van der Waals surface area contributed by atoms with Gasteiger partial charge in [0.2, 0.25) is 10.0 Å². The number of halogens is 1. The van der Waals surface area contributed by atoms with Crippen molar-refractivity contribution in [3.8, 4) is 0 Å². The molecule has 2 aromatic heterocycles. The molecule has 25 heavy (non-hydrogen) atoms. The lowest BCUT2D eigenvalue weighted by Crippen LogP contribution is -2.50. The number of nitrogens with zero attached hydrogens (tertiary/aromatic N) is 6. The van der Waals surface area contributed by atoms with Gasteiger partial charge in [0, 0.05) is 46.5 Å². The van der Waals surface area contributed by atoms with Crippen molar-refractivity contribution in [1.29, 1.82) is 0 Å². The number of amides is 1. The molecule has 0 aromatic carbocycles. The summed E-state index contributed by atoms with van der Waals surface area (Å²) in [4.78, 5) is 14.3. The fourth-order valence-corrected chi connectivity index (χ4v) is 4.33. The SMILES string of the molecule is Cc1c(Cl)c(C(=O)N2CCN(S(=O)(=O)c3cnn(C)c3)CC2)nn1C. The minimum absolute atomic E-state index is 0.151. The summed E-state index contributed by atoms with van der Waals surface area (Å²) in [6.07, 6.45) is 2.78. The predicted octanol–water partition coefficient (Wildman–Crippen LogP) is 0.262. The Hall–Kier alpha value is -1.91. The Kier molecular flexibility index (Phi) is 4.60. The van der Waals surface area contributed by atoms with Crippen LogP contribution in [0.3, 0.4) is 0 Å². The molecule has 2 aromatic rings. The second-order valence-electron chi connectivity index (χ2n) is 5.92. The molecule has 0 atom stereocenters. The van der Waals surface area contributed by atoms with Crippen molar-refractivity contribution in [3.05, 3.63) is 28.8 Å². The molecule has 0 N–H and O–H groups in total. The van der Waals surface area contributed by atoms with Crippen molar-refractivity contribution in [3.63, 3.8) is 0 Å². The average Bonchev–Trinajstić information content (AvgIpc) is 3.14. The first-order chi connectivity index (χ1) is 11.7. The van der Waals surface area contributed by atoms with Crippen LogP contribution in [0.15, 0.2) is 17.3 Å². The maximum Gasteiger partial charge on any atom is 0.276 e. The number of hydrogen-bond acceptors (Lipinski definition) is 5. The molecule has 9 nitrogen and oxygen atoms in total. The van der Waals surface area contributed by atoms with Crippen LogP contribution in [0.5, 0.6) is 0 Å². The number of carbonyl (C=O) groups is 1. The summed E-state index contributed by atoms with van der Waals surface area (Å²) in [6.45, 7) is 2.78. The maximum atomic E-state index is 12.6. The first-order valence-electron chi connectivity index (χ1n) is 7.69. The van der Waals surface area contributed by atoms with Gasteiger partial charge in [0.15, 0.2) is 5.69 Å². The molecule has 1 amide bonds. The molecule has 0 aliphatic carbocycles. The van der Waals surface area contributed by atoms with Gasteiger partial charge in [-0.3, -0.25) is 14.2 Å². The number of aromatic nitrogens is 4. The summed E-state index contributed by atoms with van der Waals surface area (Å²) in [5.74, 6) is -0.285. The smallest absolute Gasteiger partial charge is 0.276 e. The molecule has 3 heterocycles. The van der Waals surface area contributed by atoms with E-state index < -0.39 is 10.0 Å². The molecule has 1 aliphatic rings. The molecule has 0 bridgehead atoms. The average molecular weight is 387 g/mol. The number of hydrogen-bond donors (Lipinski definition) is 0. The fourth-order valence-electron chi connectivity index (χ4n) is 2.68. The van der Waals surface area contributed by atoms with Crippen molar-refractivity contribution < 1.29 is 13.2 Å². The van der Waals surface area contributed by atoms with Gasteiger partial charge in [-0.2, -0.15) is 14.5 Å². The van der Waals surface area contributed by atoms with Gasteiger partial charge in [0.25, 0.3) is 5.91 Å². The monoisotopic (exact) mass is 386 g/mol. The minimum atomic E-state index is -3.60. The van der Waals surface area contributed by atoms with E-state index in [2.05, 4.69) is 10.2 Å². The third-order valence-corrected chi connectivity index (χ3v) is 6.61. The van der Waals surface area contributed by atoms with Crippen molar-refractivity contribution in [2.45, 2.75) is 11.8 Å². The Bertz CT molecular complexity index is 911. The minimum Gasteiger partial charge on any atom is -0.335 e. The molecule has 0 saturated carbocycles. The summed E-state index contributed by atoms with van der Waals surface area (Å²) in [6, 6.07) is 0. The zero-order valence-corrected chi connectivity index (χ0v) is 15.7. The van der Waals surface area contributed by atoms with Gasteiger partial charge in [-0.25, -0.2) is 8.42 Å². The van der Waals surface area contributed by atoms with Crippen molar-refractivity contribution in [2.24, 2.45) is 14.1 Å². The first-order valence-corrected chi connectivity index (χ1v) is 9.51. The number of carbonyl (C=O) groups excluding carboxylic acids is 1. The molecule has 136 valence electrons. The summed E-state index contributed by atoms with van der Waals surface area (Å²) in [7, 11) is -0.220. The van der Waals surface area contributed by atoms with Crippen LogP contribution in [-0.4, -0.2) is 69.3 Å². The third-order valence-electron chi connectivity index (χ3n) is 4.31. The Morgan fingerprint density at radius 3 is 2.32 bits per heavy atom. The quantitative estimate of drug-likeness (QED) is 0.754. The Morgan fingerprint density at radius 1 is 1.20 bits per heavy atom. The van der Waals surface area contributed by atoms with E-state index in [1.165, 1.54) is 21.4 Å². The lowest BCUT2D eigenvalue weighted by Gasteiger charge is -2.33. The van der Waals surface area contributed by atoms with E-state index in [9.17, 15) is 13.2 Å². The van der Waals surface area contributed by atoms with Crippen LogP contribution in [0.1, 0.15) is 16.2 Å². The first kappa shape index (κ1) is 17.9. The molecular weight excluding hydrogens is 368 g/mol. The lowest BCUT2D eigenvalue weighted by molar-refractivity contribution is 0.0691.